The smallest absolute Gasteiger partial charge is 0.410 e. The van der Waals surface area contributed by atoms with Crippen molar-refractivity contribution in [2.45, 2.75) is 38.5 Å². The van der Waals surface area contributed by atoms with E-state index in [4.69, 9.17) is 20.5 Å². The van der Waals surface area contributed by atoms with Crippen molar-refractivity contribution in [3.05, 3.63) is 29.3 Å². The van der Waals surface area contributed by atoms with Crippen LogP contribution < -0.4 is 4.74 Å². The molecule has 0 aliphatic heterocycles. The minimum absolute atomic E-state index is 0.262. The zero-order valence-electron chi connectivity index (χ0n) is 15.9. The molecule has 0 saturated heterocycles. The predicted octanol–water partition coefficient (Wildman–Crippen LogP) is 4.33. The number of amides is 1. The van der Waals surface area contributed by atoms with E-state index in [2.05, 4.69) is 0 Å². The third-order valence-electron chi connectivity index (χ3n) is 4.88. The highest BCUT2D eigenvalue weighted by atomic mass is 35.5. The molecular weight excluding hydrogens is 390 g/mol. The Morgan fingerprint density at radius 2 is 1.74 bits per heavy atom. The lowest BCUT2D eigenvalue weighted by molar-refractivity contribution is 0.144. The molecule has 1 amide bonds. The summed E-state index contributed by atoms with van der Waals surface area (Å²) in [5.74, 6) is 1.56. The highest BCUT2D eigenvalue weighted by Gasteiger charge is 2.24. The number of benzene rings is 1. The zero-order valence-corrected chi connectivity index (χ0v) is 17.5. The number of nitrogens with zero attached hydrogens (tertiary/aromatic N) is 1. The van der Waals surface area contributed by atoms with Crippen LogP contribution in [-0.2, 0) is 14.3 Å². The fourth-order valence-electron chi connectivity index (χ4n) is 3.43. The first-order valence-corrected chi connectivity index (χ1v) is 11.5. The second-order valence-corrected chi connectivity index (χ2v) is 9.34. The molecule has 2 rings (SSSR count). The van der Waals surface area contributed by atoms with Gasteiger partial charge in [-0.15, -0.1) is 0 Å². The van der Waals surface area contributed by atoms with Crippen LogP contribution in [0.1, 0.15) is 38.5 Å². The standard InChI is InChI=1S/C19H28ClNO5S/c1-21(19(22)26-18-11-9-17(20)10-12-18)14-16-7-5-15(6-8-16)4-3-13-25-27(2,23)24/h9-12,15-16H,3-8,13-14H2,1-2H3. The largest absolute Gasteiger partial charge is 0.414 e. The van der Waals surface area contributed by atoms with Crippen LogP contribution in [-0.4, -0.2) is 45.9 Å². The van der Waals surface area contributed by atoms with E-state index in [1.54, 1.807) is 36.2 Å². The summed E-state index contributed by atoms with van der Waals surface area (Å²) in [5, 5.41) is 0.600. The van der Waals surface area contributed by atoms with Gasteiger partial charge in [0, 0.05) is 18.6 Å². The van der Waals surface area contributed by atoms with Gasteiger partial charge in [-0.1, -0.05) is 24.4 Å². The molecule has 0 spiro atoms. The van der Waals surface area contributed by atoms with Crippen molar-refractivity contribution in [2.24, 2.45) is 11.8 Å². The van der Waals surface area contributed by atoms with Gasteiger partial charge in [0.15, 0.2) is 0 Å². The molecule has 1 aromatic rings. The van der Waals surface area contributed by atoms with Gasteiger partial charge in [-0.25, -0.2) is 4.79 Å². The lowest BCUT2D eigenvalue weighted by Gasteiger charge is -2.31. The summed E-state index contributed by atoms with van der Waals surface area (Å²) >= 11 is 5.83. The topological polar surface area (TPSA) is 72.9 Å². The van der Waals surface area contributed by atoms with Gasteiger partial charge in [-0.3, -0.25) is 4.18 Å². The molecule has 0 aromatic heterocycles. The van der Waals surface area contributed by atoms with Gasteiger partial charge in [0.1, 0.15) is 5.75 Å². The molecule has 1 aromatic carbocycles. The zero-order chi connectivity index (χ0) is 19.9. The maximum atomic E-state index is 12.2. The summed E-state index contributed by atoms with van der Waals surface area (Å²) in [4.78, 5) is 13.8. The van der Waals surface area contributed by atoms with E-state index in [0.29, 0.717) is 29.2 Å². The van der Waals surface area contributed by atoms with Gasteiger partial charge in [-0.05, 0) is 61.8 Å². The molecule has 1 fully saturated rings. The highest BCUT2D eigenvalue weighted by Crippen LogP contribution is 2.32. The molecule has 1 aliphatic carbocycles. The lowest BCUT2D eigenvalue weighted by Crippen LogP contribution is -2.35. The normalized spacial score (nSPS) is 20.3. The van der Waals surface area contributed by atoms with Crippen molar-refractivity contribution >= 4 is 27.8 Å². The van der Waals surface area contributed by atoms with E-state index in [9.17, 15) is 13.2 Å². The molecule has 6 nitrogen and oxygen atoms in total. The number of ether oxygens (including phenoxy) is 1. The number of hydrogen-bond donors (Lipinski definition) is 0. The molecule has 1 saturated carbocycles. The molecule has 0 bridgehead atoms. The van der Waals surface area contributed by atoms with Gasteiger partial charge >= 0.3 is 6.09 Å². The third kappa shape index (κ3) is 8.49. The summed E-state index contributed by atoms with van der Waals surface area (Å²) < 4.78 is 32.0. The van der Waals surface area contributed by atoms with Crippen molar-refractivity contribution in [2.75, 3.05) is 26.5 Å². The summed E-state index contributed by atoms with van der Waals surface area (Å²) in [6, 6.07) is 6.72. The van der Waals surface area contributed by atoms with Crippen LogP contribution in [0.3, 0.4) is 0 Å². The fraction of sp³-hybridized carbons (Fsp3) is 0.632. The average molecular weight is 418 g/mol. The lowest BCUT2D eigenvalue weighted by atomic mass is 9.80. The van der Waals surface area contributed by atoms with Crippen molar-refractivity contribution in [1.29, 1.82) is 0 Å². The summed E-state index contributed by atoms with van der Waals surface area (Å²) in [6.07, 6.45) is 6.79. The quantitative estimate of drug-likeness (QED) is 0.464. The van der Waals surface area contributed by atoms with Gasteiger partial charge in [0.25, 0.3) is 10.1 Å². The van der Waals surface area contributed by atoms with Crippen molar-refractivity contribution in [3.8, 4) is 5.75 Å². The summed E-state index contributed by atoms with van der Waals surface area (Å²) in [6.45, 7) is 0.939. The predicted molar refractivity (Wildman–Crippen MR) is 106 cm³/mol. The Labute approximate surface area is 166 Å². The van der Waals surface area contributed by atoms with Crippen molar-refractivity contribution < 1.29 is 22.1 Å². The van der Waals surface area contributed by atoms with Gasteiger partial charge in [0.2, 0.25) is 0 Å². The third-order valence-corrected chi connectivity index (χ3v) is 5.73. The van der Waals surface area contributed by atoms with Crippen LogP contribution in [0, 0.1) is 11.8 Å². The number of carbonyl (C=O) groups excluding carboxylic acids is 1. The van der Waals surface area contributed by atoms with E-state index < -0.39 is 10.1 Å². The van der Waals surface area contributed by atoms with E-state index in [-0.39, 0.29) is 12.7 Å². The van der Waals surface area contributed by atoms with E-state index in [1.165, 1.54) is 0 Å². The van der Waals surface area contributed by atoms with Crippen LogP contribution >= 0.6 is 11.6 Å². The van der Waals surface area contributed by atoms with E-state index >= 15 is 0 Å². The summed E-state index contributed by atoms with van der Waals surface area (Å²) in [7, 11) is -1.58. The highest BCUT2D eigenvalue weighted by molar-refractivity contribution is 7.85. The Morgan fingerprint density at radius 1 is 1.15 bits per heavy atom. The van der Waals surface area contributed by atoms with E-state index in [0.717, 1.165) is 44.8 Å². The average Bonchev–Trinajstić information content (AvgIpc) is 2.61. The molecule has 0 atom stereocenters. The molecule has 0 heterocycles. The molecule has 0 radical (unpaired) electrons. The summed E-state index contributed by atoms with van der Waals surface area (Å²) in [5.41, 5.74) is 0. The molecular formula is C19H28ClNO5S. The Kier molecular flexibility index (Phi) is 8.38. The monoisotopic (exact) mass is 417 g/mol. The van der Waals surface area contributed by atoms with Crippen LogP contribution in [0.2, 0.25) is 5.02 Å². The molecule has 152 valence electrons. The fourth-order valence-corrected chi connectivity index (χ4v) is 3.97. The van der Waals surface area contributed by atoms with Crippen LogP contribution in [0.4, 0.5) is 4.79 Å². The minimum atomic E-state index is -3.34. The Balaban J connectivity index is 1.65. The second kappa shape index (κ2) is 10.3. The Hall–Kier alpha value is -1.31. The number of carbonyl (C=O) groups is 1. The van der Waals surface area contributed by atoms with E-state index in [1.807, 2.05) is 0 Å². The SMILES string of the molecule is CN(CC1CCC(CCCOS(C)(=O)=O)CC1)C(=O)Oc1ccc(Cl)cc1. The first-order chi connectivity index (χ1) is 12.7. The van der Waals surface area contributed by atoms with Crippen LogP contribution in [0.5, 0.6) is 5.75 Å². The van der Waals surface area contributed by atoms with Gasteiger partial charge in [-0.2, -0.15) is 8.42 Å². The van der Waals surface area contributed by atoms with Crippen LogP contribution in [0.25, 0.3) is 0 Å². The Morgan fingerprint density at radius 3 is 2.33 bits per heavy atom. The van der Waals surface area contributed by atoms with Gasteiger partial charge in [0.05, 0.1) is 12.9 Å². The molecule has 8 heteroatoms. The second-order valence-electron chi connectivity index (χ2n) is 7.26. The molecule has 0 unspecified atom stereocenters. The number of halogens is 1. The van der Waals surface area contributed by atoms with Crippen LogP contribution in [0.15, 0.2) is 24.3 Å². The molecule has 0 N–H and O–H groups in total. The molecule has 1 aliphatic rings. The van der Waals surface area contributed by atoms with Gasteiger partial charge < -0.3 is 9.64 Å². The first-order valence-electron chi connectivity index (χ1n) is 9.26. The Bertz CT molecular complexity index is 699. The number of rotatable bonds is 8. The first kappa shape index (κ1) is 22.0. The minimum Gasteiger partial charge on any atom is -0.410 e. The molecule has 27 heavy (non-hydrogen) atoms. The van der Waals surface area contributed by atoms with Crippen molar-refractivity contribution in [3.63, 3.8) is 0 Å². The maximum absolute atomic E-state index is 12.2. The maximum Gasteiger partial charge on any atom is 0.414 e. The number of hydrogen-bond acceptors (Lipinski definition) is 5. The van der Waals surface area contributed by atoms with Crippen molar-refractivity contribution in [1.82, 2.24) is 4.90 Å².